The Labute approximate surface area is 134 Å². The van der Waals surface area contributed by atoms with Crippen LogP contribution in [0.2, 0.25) is 0 Å². The summed E-state index contributed by atoms with van der Waals surface area (Å²) in [5.41, 5.74) is 0.206. The molecule has 1 aromatic heterocycles. The number of hydrogen-bond acceptors (Lipinski definition) is 4. The Bertz CT molecular complexity index is 631. The van der Waals surface area contributed by atoms with Crippen molar-refractivity contribution in [3.05, 3.63) is 17.0 Å². The maximum atomic E-state index is 12.3. The van der Waals surface area contributed by atoms with Crippen LogP contribution >= 0.6 is 22.0 Å². The van der Waals surface area contributed by atoms with Gasteiger partial charge in [0.15, 0.2) is 0 Å². The minimum absolute atomic E-state index is 0.0575. The predicted octanol–water partition coefficient (Wildman–Crippen LogP) is 3.11. The van der Waals surface area contributed by atoms with Crippen molar-refractivity contribution in [2.75, 3.05) is 13.1 Å². The average molecular weight is 350 g/mol. The molecule has 1 saturated heterocycles. The van der Waals surface area contributed by atoms with Gasteiger partial charge in [-0.3, -0.25) is 4.79 Å². The van der Waals surface area contributed by atoms with Gasteiger partial charge in [0, 0.05) is 28.6 Å². The van der Waals surface area contributed by atoms with Crippen molar-refractivity contribution in [3.63, 3.8) is 0 Å². The molecule has 1 atom stereocenters. The Morgan fingerprint density at radius 3 is 2.57 bits per heavy atom. The first-order valence-electron chi connectivity index (χ1n) is 6.88. The summed E-state index contributed by atoms with van der Waals surface area (Å²) in [4.78, 5) is 14.9. The lowest BCUT2D eigenvalue weighted by Crippen LogP contribution is -2.32. The van der Waals surface area contributed by atoms with Gasteiger partial charge in [-0.1, -0.05) is 20.8 Å². The first kappa shape index (κ1) is 16.8. The molecule has 0 saturated carbocycles. The van der Waals surface area contributed by atoms with E-state index < -0.39 is 9.05 Å². The van der Waals surface area contributed by atoms with E-state index in [4.69, 9.17) is 10.7 Å². The molecule has 4 nitrogen and oxygen atoms in total. The Hall–Kier alpha value is -0.590. The zero-order valence-corrected chi connectivity index (χ0v) is 14.8. The van der Waals surface area contributed by atoms with E-state index in [1.807, 2.05) is 4.90 Å². The van der Waals surface area contributed by atoms with Crippen molar-refractivity contribution in [2.24, 2.45) is 11.3 Å². The first-order valence-corrected chi connectivity index (χ1v) is 10.0. The highest BCUT2D eigenvalue weighted by Gasteiger charge is 2.33. The van der Waals surface area contributed by atoms with E-state index in [2.05, 4.69) is 20.8 Å². The summed E-state index contributed by atoms with van der Waals surface area (Å²) in [6.45, 7) is 8.16. The monoisotopic (exact) mass is 349 g/mol. The lowest BCUT2D eigenvalue weighted by atomic mass is 9.80. The number of thiophene rings is 1. The van der Waals surface area contributed by atoms with E-state index >= 15 is 0 Å². The number of carbonyl (C=O) groups excluding carboxylic acids is 1. The number of nitrogens with zero attached hydrogens (tertiary/aromatic N) is 1. The number of hydrogen-bond donors (Lipinski definition) is 0. The summed E-state index contributed by atoms with van der Waals surface area (Å²) < 4.78 is 22.5. The minimum atomic E-state index is -3.70. The van der Waals surface area contributed by atoms with Crippen LogP contribution in [0, 0.1) is 11.3 Å². The van der Waals surface area contributed by atoms with Crippen molar-refractivity contribution in [3.8, 4) is 0 Å². The van der Waals surface area contributed by atoms with Crippen molar-refractivity contribution in [1.82, 2.24) is 4.90 Å². The minimum Gasteiger partial charge on any atom is -0.342 e. The summed E-state index contributed by atoms with van der Waals surface area (Å²) in [5, 5.41) is 0. The quantitative estimate of drug-likeness (QED) is 0.788. The van der Waals surface area contributed by atoms with Crippen LogP contribution in [0.4, 0.5) is 0 Å². The highest BCUT2D eigenvalue weighted by Crippen LogP contribution is 2.34. The average Bonchev–Trinajstić information content (AvgIpc) is 2.94. The predicted molar refractivity (Wildman–Crippen MR) is 85.2 cm³/mol. The Balaban J connectivity index is 1.98. The zero-order chi connectivity index (χ0) is 15.8. The Morgan fingerprint density at radius 1 is 1.43 bits per heavy atom. The van der Waals surface area contributed by atoms with Crippen LogP contribution in [-0.2, 0) is 20.3 Å². The lowest BCUT2D eigenvalue weighted by molar-refractivity contribution is -0.129. The number of likely N-dealkylation sites (tertiary alicyclic amines) is 1. The molecule has 1 unspecified atom stereocenters. The third kappa shape index (κ3) is 4.20. The normalized spacial score (nSPS) is 20.0. The van der Waals surface area contributed by atoms with E-state index in [0.717, 1.165) is 35.7 Å². The number of rotatable bonds is 3. The van der Waals surface area contributed by atoms with Crippen molar-refractivity contribution < 1.29 is 13.2 Å². The standard InChI is InChI=1S/C14H20ClNO3S2/c1-14(2,3)10-6-7-16(9-10)12(17)8-11-4-5-13(20-11)21(15,18)19/h4-5,10H,6-9H2,1-3H3. The molecule has 1 aliphatic rings. The summed E-state index contributed by atoms with van der Waals surface area (Å²) in [7, 11) is 1.59. The molecule has 1 aromatic rings. The first-order chi connectivity index (χ1) is 9.57. The molecular weight excluding hydrogens is 330 g/mol. The van der Waals surface area contributed by atoms with Crippen LogP contribution in [0.25, 0.3) is 0 Å². The molecule has 0 aromatic carbocycles. The molecule has 0 bridgehead atoms. The van der Waals surface area contributed by atoms with E-state index in [1.165, 1.54) is 6.07 Å². The van der Waals surface area contributed by atoms with Crippen molar-refractivity contribution >= 4 is 37.0 Å². The molecule has 0 N–H and O–H groups in total. The van der Waals surface area contributed by atoms with Gasteiger partial charge in [-0.15, -0.1) is 11.3 Å². The third-order valence-corrected chi connectivity index (χ3v) is 7.15. The molecule has 1 amide bonds. The number of carbonyl (C=O) groups is 1. The molecule has 118 valence electrons. The number of halogens is 1. The fourth-order valence-electron chi connectivity index (χ4n) is 2.54. The van der Waals surface area contributed by atoms with Gasteiger partial charge in [0.05, 0.1) is 6.42 Å². The molecule has 1 aliphatic heterocycles. The highest BCUT2D eigenvalue weighted by molar-refractivity contribution is 8.15. The molecule has 0 aliphatic carbocycles. The van der Waals surface area contributed by atoms with E-state index in [1.54, 1.807) is 6.07 Å². The van der Waals surface area contributed by atoms with E-state index in [-0.39, 0.29) is 22.0 Å². The van der Waals surface area contributed by atoms with Gasteiger partial charge in [-0.2, -0.15) is 0 Å². The summed E-state index contributed by atoms with van der Waals surface area (Å²) >= 11 is 1.07. The summed E-state index contributed by atoms with van der Waals surface area (Å²) in [6, 6.07) is 3.12. The van der Waals surface area contributed by atoms with Crippen LogP contribution < -0.4 is 0 Å². The van der Waals surface area contributed by atoms with Gasteiger partial charge in [-0.25, -0.2) is 8.42 Å². The maximum absolute atomic E-state index is 12.3. The van der Waals surface area contributed by atoms with Gasteiger partial charge >= 0.3 is 0 Å². The molecule has 1 fully saturated rings. The van der Waals surface area contributed by atoms with Crippen LogP contribution in [-0.4, -0.2) is 32.3 Å². The molecule has 21 heavy (non-hydrogen) atoms. The van der Waals surface area contributed by atoms with Crippen LogP contribution in [0.5, 0.6) is 0 Å². The van der Waals surface area contributed by atoms with Gasteiger partial charge in [0.25, 0.3) is 9.05 Å². The zero-order valence-electron chi connectivity index (χ0n) is 12.4. The molecule has 0 spiro atoms. The third-order valence-electron chi connectivity index (χ3n) is 3.97. The Morgan fingerprint density at radius 2 is 2.10 bits per heavy atom. The molecule has 0 radical (unpaired) electrons. The lowest BCUT2D eigenvalue weighted by Gasteiger charge is -2.26. The van der Waals surface area contributed by atoms with Crippen molar-refractivity contribution in [1.29, 1.82) is 0 Å². The van der Waals surface area contributed by atoms with Gasteiger partial charge in [-0.05, 0) is 29.9 Å². The van der Waals surface area contributed by atoms with Gasteiger partial charge in [0.2, 0.25) is 5.91 Å². The largest absolute Gasteiger partial charge is 0.342 e. The smallest absolute Gasteiger partial charge is 0.270 e. The summed E-state index contributed by atoms with van der Waals surface area (Å²) in [5.74, 6) is 0.575. The van der Waals surface area contributed by atoms with Gasteiger partial charge in [0.1, 0.15) is 4.21 Å². The Kier molecular flexibility index (Phi) is 4.71. The fourth-order valence-corrected chi connectivity index (χ4v) is 4.65. The van der Waals surface area contributed by atoms with Crippen LogP contribution in [0.15, 0.2) is 16.3 Å². The van der Waals surface area contributed by atoms with E-state index in [9.17, 15) is 13.2 Å². The number of amides is 1. The fraction of sp³-hybridized carbons (Fsp3) is 0.643. The SMILES string of the molecule is CC(C)(C)C1CCN(C(=O)Cc2ccc(S(=O)(=O)Cl)s2)C1. The maximum Gasteiger partial charge on any atom is 0.270 e. The molecule has 2 heterocycles. The van der Waals surface area contributed by atoms with Gasteiger partial charge < -0.3 is 4.90 Å². The van der Waals surface area contributed by atoms with Crippen LogP contribution in [0.1, 0.15) is 32.1 Å². The summed E-state index contributed by atoms with van der Waals surface area (Å²) in [6.07, 6.45) is 1.27. The second-order valence-corrected chi connectivity index (χ2v) is 10.5. The topological polar surface area (TPSA) is 54.5 Å². The molecule has 7 heteroatoms. The highest BCUT2D eigenvalue weighted by atomic mass is 35.7. The van der Waals surface area contributed by atoms with E-state index in [0.29, 0.717) is 5.92 Å². The van der Waals surface area contributed by atoms with Crippen molar-refractivity contribution in [2.45, 2.75) is 37.8 Å². The second-order valence-electron chi connectivity index (χ2n) is 6.53. The molecule has 2 rings (SSSR count). The van der Waals surface area contributed by atoms with Crippen LogP contribution in [0.3, 0.4) is 0 Å². The molecular formula is C14H20ClNO3S2. The second kappa shape index (κ2) is 5.89.